The number of ether oxygens (including phenoxy) is 1. The number of hydrogen-bond donors (Lipinski definition) is 1. The van der Waals surface area contributed by atoms with Gasteiger partial charge < -0.3 is 4.74 Å². The molecule has 142 valence electrons. The van der Waals surface area contributed by atoms with Gasteiger partial charge in [0.15, 0.2) is 0 Å². The summed E-state index contributed by atoms with van der Waals surface area (Å²) in [6.45, 7) is 5.67. The molecule has 25 heavy (non-hydrogen) atoms. The maximum Gasteiger partial charge on any atom is 0.418 e. The summed E-state index contributed by atoms with van der Waals surface area (Å²) in [4.78, 5) is 11.8. The van der Waals surface area contributed by atoms with Gasteiger partial charge in [-0.25, -0.2) is 13.2 Å². The van der Waals surface area contributed by atoms with Crippen molar-refractivity contribution in [3.05, 3.63) is 29.8 Å². The van der Waals surface area contributed by atoms with Crippen LogP contribution < -0.4 is 4.72 Å². The molecule has 0 aliphatic rings. The molecule has 0 unspecified atom stereocenters. The van der Waals surface area contributed by atoms with Gasteiger partial charge in [0, 0.05) is 0 Å². The van der Waals surface area contributed by atoms with Crippen molar-refractivity contribution in [1.29, 1.82) is 0 Å². The second kappa shape index (κ2) is 7.74. The van der Waals surface area contributed by atoms with Crippen LogP contribution >= 0.6 is 0 Å². The fraction of sp³-hybridized carbons (Fsp3) is 0.562. The Kier molecular flexibility index (Phi) is 6.63. The van der Waals surface area contributed by atoms with E-state index in [0.29, 0.717) is 0 Å². The number of halogens is 3. The van der Waals surface area contributed by atoms with Crippen molar-refractivity contribution in [3.8, 4) is 0 Å². The summed E-state index contributed by atoms with van der Waals surface area (Å²) in [6.07, 6.45) is -5.94. The first-order valence-electron chi connectivity index (χ1n) is 7.70. The van der Waals surface area contributed by atoms with Crippen LogP contribution in [0.5, 0.6) is 0 Å². The highest BCUT2D eigenvalue weighted by atomic mass is 32.2. The lowest BCUT2D eigenvalue weighted by molar-refractivity contribution is -0.212. The molecule has 0 heterocycles. The van der Waals surface area contributed by atoms with Gasteiger partial charge in [0.05, 0.1) is 11.5 Å². The van der Waals surface area contributed by atoms with Crippen LogP contribution in [0.4, 0.5) is 13.2 Å². The van der Waals surface area contributed by atoms with Crippen molar-refractivity contribution in [3.63, 3.8) is 0 Å². The fourth-order valence-electron chi connectivity index (χ4n) is 2.33. The minimum Gasteiger partial charge on any atom is -0.464 e. The van der Waals surface area contributed by atoms with Crippen LogP contribution in [-0.4, -0.2) is 32.7 Å². The number of alkyl halides is 3. The number of esters is 1. The maximum absolute atomic E-state index is 13.8. The Labute approximate surface area is 145 Å². The first kappa shape index (κ1) is 21.4. The fourth-order valence-corrected chi connectivity index (χ4v) is 3.68. The summed E-state index contributed by atoms with van der Waals surface area (Å²) in [5, 5.41) is 0. The Hall–Kier alpha value is -1.61. The normalized spacial score (nSPS) is 15.0. The highest BCUT2D eigenvalue weighted by Crippen LogP contribution is 2.38. The lowest BCUT2D eigenvalue weighted by Gasteiger charge is -2.35. The van der Waals surface area contributed by atoms with Crippen molar-refractivity contribution in [2.45, 2.75) is 50.7 Å². The molecule has 1 rings (SSSR count). The van der Waals surface area contributed by atoms with Crippen LogP contribution in [0.25, 0.3) is 0 Å². The van der Waals surface area contributed by atoms with Crippen LogP contribution in [-0.2, 0) is 19.6 Å². The zero-order chi connectivity index (χ0) is 19.5. The lowest BCUT2D eigenvalue weighted by atomic mass is 9.89. The van der Waals surface area contributed by atoms with Crippen molar-refractivity contribution >= 4 is 16.0 Å². The summed E-state index contributed by atoms with van der Waals surface area (Å²) in [6, 6.07) is 5.27. The molecule has 0 saturated heterocycles. The highest BCUT2D eigenvalue weighted by molar-refractivity contribution is 7.89. The van der Waals surface area contributed by atoms with Crippen LogP contribution in [0.15, 0.2) is 29.2 Å². The minimum absolute atomic E-state index is 0.305. The van der Waals surface area contributed by atoms with Gasteiger partial charge in [-0.15, -0.1) is 0 Å². The maximum atomic E-state index is 13.8. The SMILES string of the molecule is CCOC(=O)[C@](CC(C)C)(NS(=O)(=O)c1ccc(C)cc1)C(F)(F)F. The van der Waals surface area contributed by atoms with Crippen LogP contribution in [0.2, 0.25) is 0 Å². The summed E-state index contributed by atoms with van der Waals surface area (Å²) in [7, 11) is -4.60. The standard InChI is InChI=1S/C16H22F3NO4S/c1-5-24-14(21)15(10-11(2)3,16(17,18)19)20-25(22,23)13-8-6-12(4)7-9-13/h6-9,11,20H,5,10H2,1-4H3/t15-/m0/s1. The van der Waals surface area contributed by atoms with E-state index in [-0.39, 0.29) is 11.5 Å². The molecule has 9 heteroatoms. The number of rotatable bonds is 7. The third-order valence-corrected chi connectivity index (χ3v) is 4.97. The van der Waals surface area contributed by atoms with Crippen molar-refractivity contribution < 1.29 is 31.1 Å². The molecule has 0 spiro atoms. The minimum atomic E-state index is -5.17. The van der Waals surface area contributed by atoms with Gasteiger partial charge >= 0.3 is 12.1 Å². The number of aryl methyl sites for hydroxylation is 1. The second-order valence-electron chi connectivity index (χ2n) is 6.14. The van der Waals surface area contributed by atoms with Crippen molar-refractivity contribution in [2.24, 2.45) is 5.92 Å². The molecule has 0 aliphatic heterocycles. The number of nitrogens with one attached hydrogen (secondary N) is 1. The summed E-state index contributed by atoms with van der Waals surface area (Å²) in [5.41, 5.74) is -2.60. The van der Waals surface area contributed by atoms with Gasteiger partial charge in [-0.05, 0) is 38.3 Å². The Morgan fingerprint density at radius 3 is 2.12 bits per heavy atom. The molecule has 5 nitrogen and oxygen atoms in total. The molecular formula is C16H22F3NO4S. The molecule has 0 radical (unpaired) electrons. The first-order chi connectivity index (χ1) is 11.4. The van der Waals surface area contributed by atoms with E-state index in [1.54, 1.807) is 11.6 Å². The number of benzene rings is 1. The highest BCUT2D eigenvalue weighted by Gasteiger charge is 2.63. The summed E-state index contributed by atoms with van der Waals surface area (Å²) >= 11 is 0. The Morgan fingerprint density at radius 2 is 1.72 bits per heavy atom. The number of carbonyl (C=O) groups excluding carboxylic acids is 1. The van der Waals surface area contributed by atoms with Crippen LogP contribution in [0.1, 0.15) is 32.8 Å². The first-order valence-corrected chi connectivity index (χ1v) is 9.18. The van der Waals surface area contributed by atoms with Gasteiger partial charge in [0.1, 0.15) is 0 Å². The van der Waals surface area contributed by atoms with E-state index >= 15 is 0 Å². The van der Waals surface area contributed by atoms with Gasteiger partial charge in [-0.3, -0.25) is 0 Å². The summed E-state index contributed by atoms with van der Waals surface area (Å²) in [5.74, 6) is -2.28. The second-order valence-corrected chi connectivity index (χ2v) is 7.82. The number of hydrogen-bond acceptors (Lipinski definition) is 4. The topological polar surface area (TPSA) is 72.5 Å². The van der Waals surface area contributed by atoms with E-state index < -0.39 is 40.0 Å². The third kappa shape index (κ3) is 4.94. The predicted molar refractivity (Wildman–Crippen MR) is 86.4 cm³/mol. The molecule has 1 atom stereocenters. The smallest absolute Gasteiger partial charge is 0.418 e. The van der Waals surface area contributed by atoms with Gasteiger partial charge in [-0.2, -0.15) is 17.9 Å². The molecule has 0 aromatic heterocycles. The molecule has 1 aromatic carbocycles. The monoisotopic (exact) mass is 381 g/mol. The Balaban J connectivity index is 3.45. The zero-order valence-corrected chi connectivity index (χ0v) is 15.3. The van der Waals surface area contributed by atoms with Crippen LogP contribution in [0.3, 0.4) is 0 Å². The molecule has 0 aliphatic carbocycles. The van der Waals surface area contributed by atoms with E-state index in [9.17, 15) is 26.4 Å². The van der Waals surface area contributed by atoms with Crippen molar-refractivity contribution in [1.82, 2.24) is 4.72 Å². The van der Waals surface area contributed by atoms with E-state index in [1.165, 1.54) is 45.0 Å². The molecular weight excluding hydrogens is 359 g/mol. The van der Waals surface area contributed by atoms with E-state index in [2.05, 4.69) is 4.74 Å². The Morgan fingerprint density at radius 1 is 1.20 bits per heavy atom. The van der Waals surface area contributed by atoms with Crippen LogP contribution in [0, 0.1) is 12.8 Å². The average molecular weight is 381 g/mol. The molecule has 0 amide bonds. The molecule has 0 saturated carbocycles. The largest absolute Gasteiger partial charge is 0.464 e. The van der Waals surface area contributed by atoms with E-state index in [4.69, 9.17) is 0 Å². The predicted octanol–water partition coefficient (Wildman–Crippen LogP) is 3.18. The average Bonchev–Trinajstić information content (AvgIpc) is 2.45. The zero-order valence-electron chi connectivity index (χ0n) is 14.5. The van der Waals surface area contributed by atoms with E-state index in [0.717, 1.165) is 5.56 Å². The Bertz CT molecular complexity index is 699. The molecule has 0 fully saturated rings. The summed E-state index contributed by atoms with van der Waals surface area (Å²) < 4.78 is 72.5. The lowest BCUT2D eigenvalue weighted by Crippen LogP contribution is -2.65. The van der Waals surface area contributed by atoms with Gasteiger partial charge in [0.2, 0.25) is 15.6 Å². The van der Waals surface area contributed by atoms with E-state index in [1.807, 2.05) is 0 Å². The van der Waals surface area contributed by atoms with Crippen molar-refractivity contribution in [2.75, 3.05) is 6.61 Å². The van der Waals surface area contributed by atoms with Gasteiger partial charge in [0.25, 0.3) is 0 Å². The quantitative estimate of drug-likeness (QED) is 0.737. The molecule has 0 bridgehead atoms. The number of sulfonamides is 1. The molecule has 1 aromatic rings. The number of carbonyl (C=O) groups is 1. The molecule has 1 N–H and O–H groups in total. The third-order valence-electron chi connectivity index (χ3n) is 3.46. The van der Waals surface area contributed by atoms with Gasteiger partial charge in [-0.1, -0.05) is 31.5 Å².